The van der Waals surface area contributed by atoms with E-state index >= 15 is 0 Å². The Hall–Kier alpha value is -0.590. The van der Waals surface area contributed by atoms with E-state index in [0.717, 1.165) is 24.2 Å². The average Bonchev–Trinajstić information content (AvgIpc) is 3.27. The number of hydrogen-bond donors (Lipinski definition) is 0. The third kappa shape index (κ3) is 2.64. The molecule has 5 rings (SSSR count). The van der Waals surface area contributed by atoms with Crippen molar-refractivity contribution in [2.75, 3.05) is 0 Å². The van der Waals surface area contributed by atoms with Gasteiger partial charge in [0.05, 0.1) is 0 Å². The van der Waals surface area contributed by atoms with Crippen molar-refractivity contribution < 1.29 is 4.79 Å². The molecule has 0 amide bonds. The Morgan fingerprint density at radius 1 is 0.935 bits per heavy atom. The summed E-state index contributed by atoms with van der Waals surface area (Å²) in [5, 5.41) is 0. The van der Waals surface area contributed by atoms with E-state index in [0.29, 0.717) is 33.4 Å². The summed E-state index contributed by atoms with van der Waals surface area (Å²) in [5.74, 6) is 3.87. The summed E-state index contributed by atoms with van der Waals surface area (Å²) in [7, 11) is 0. The quantitative estimate of drug-likeness (QED) is 0.414. The monoisotopic (exact) mass is 424 g/mol. The number of rotatable bonds is 4. The van der Waals surface area contributed by atoms with Crippen LogP contribution >= 0.6 is 0 Å². The lowest BCUT2D eigenvalue weighted by atomic mass is 9.42. The Kier molecular flexibility index (Phi) is 4.82. The first-order chi connectivity index (χ1) is 14.4. The molecule has 1 heteroatoms. The number of carbonyl (C=O) groups is 1. The third-order valence-electron chi connectivity index (χ3n) is 12.8. The van der Waals surface area contributed by atoms with Gasteiger partial charge in [-0.3, -0.25) is 4.79 Å². The maximum atomic E-state index is 12.8. The number of hydrogen-bond acceptors (Lipinski definition) is 1. The fourth-order valence-electron chi connectivity index (χ4n) is 11.0. The molecule has 0 N–H and O–H groups in total. The largest absolute Gasteiger partial charge is 0.299 e. The highest BCUT2D eigenvalue weighted by molar-refractivity contribution is 5.86. The lowest BCUT2D eigenvalue weighted by Crippen LogP contribution is -2.57. The molecule has 0 aromatic heterocycles. The van der Waals surface area contributed by atoms with Crippen LogP contribution in [0.15, 0.2) is 11.6 Å². The van der Waals surface area contributed by atoms with Crippen LogP contribution in [0.5, 0.6) is 0 Å². The molecule has 0 aromatic rings. The van der Waals surface area contributed by atoms with Gasteiger partial charge in [-0.25, -0.2) is 0 Å². The van der Waals surface area contributed by atoms with E-state index in [1.54, 1.807) is 0 Å². The molecule has 5 aliphatic rings. The lowest BCUT2D eigenvalue weighted by Gasteiger charge is -2.62. The van der Waals surface area contributed by atoms with E-state index in [4.69, 9.17) is 0 Å². The third-order valence-corrected chi connectivity index (χ3v) is 12.8. The molecule has 5 saturated carbocycles. The molecule has 0 saturated heterocycles. The second-order valence-electron chi connectivity index (χ2n) is 14.1. The molecule has 5 aliphatic carbocycles. The minimum atomic E-state index is -0.0774. The summed E-state index contributed by atoms with van der Waals surface area (Å²) in [4.78, 5) is 12.8. The van der Waals surface area contributed by atoms with Crippen LogP contribution in [-0.4, -0.2) is 5.78 Å². The van der Waals surface area contributed by atoms with Crippen LogP contribution in [0.3, 0.4) is 0 Å². The van der Waals surface area contributed by atoms with Gasteiger partial charge < -0.3 is 0 Å². The Morgan fingerprint density at radius 2 is 1.61 bits per heavy atom. The number of ketones is 1. The van der Waals surface area contributed by atoms with Gasteiger partial charge in [0.2, 0.25) is 0 Å². The van der Waals surface area contributed by atoms with Crippen LogP contribution in [0.1, 0.15) is 119 Å². The molecule has 0 radical (unpaired) electrons. The van der Waals surface area contributed by atoms with E-state index in [9.17, 15) is 4.79 Å². The SMILES string of the molecule is CC(C)=CCC[C@H](C)[C@H]1CC[C@@]2(C)[C@@H]3CC[C@@H]4C(C)(C)C(=O)CC[C@@]45C[C@@]35CC[C@]12C. The number of Topliss-reactive ketones (excluding diaryl/α,β-unsaturated/α-hetero) is 1. The first-order valence-electron chi connectivity index (χ1n) is 13.6. The highest BCUT2D eigenvalue weighted by atomic mass is 16.1. The van der Waals surface area contributed by atoms with Crippen molar-refractivity contribution in [3.8, 4) is 0 Å². The standard InChI is InChI=1S/C30H48O/c1-20(2)9-8-10-21(3)22-13-15-28(7)24-12-11-23-26(4,5)25(31)14-16-29(23)19-30(24,29)18-17-27(22,28)6/h9,21-24H,8,10-19H2,1-7H3/t21-,22+,23+,24-,27+,28-,29+,30-/m0/s1. The van der Waals surface area contributed by atoms with Crippen LogP contribution in [-0.2, 0) is 4.79 Å². The van der Waals surface area contributed by atoms with Crippen LogP contribution < -0.4 is 0 Å². The molecular weight excluding hydrogens is 376 g/mol. The van der Waals surface area contributed by atoms with Gasteiger partial charge >= 0.3 is 0 Å². The Morgan fingerprint density at radius 3 is 2.32 bits per heavy atom. The molecule has 0 bridgehead atoms. The molecule has 0 aromatic carbocycles. The summed E-state index contributed by atoms with van der Waals surface area (Å²) in [6.45, 7) is 17.1. The Balaban J connectivity index is 1.41. The van der Waals surface area contributed by atoms with E-state index in [1.165, 1.54) is 69.8 Å². The highest BCUT2D eigenvalue weighted by Gasteiger charge is 2.82. The van der Waals surface area contributed by atoms with Crippen molar-refractivity contribution >= 4 is 5.78 Å². The van der Waals surface area contributed by atoms with Gasteiger partial charge in [0, 0.05) is 11.8 Å². The summed E-state index contributed by atoms with van der Waals surface area (Å²) >= 11 is 0. The maximum Gasteiger partial charge on any atom is 0.138 e. The summed E-state index contributed by atoms with van der Waals surface area (Å²) in [5.41, 5.74) is 3.53. The zero-order valence-corrected chi connectivity index (χ0v) is 21.6. The van der Waals surface area contributed by atoms with Crippen LogP contribution in [0.25, 0.3) is 0 Å². The van der Waals surface area contributed by atoms with Gasteiger partial charge in [-0.2, -0.15) is 0 Å². The molecule has 174 valence electrons. The summed E-state index contributed by atoms with van der Waals surface area (Å²) in [6, 6.07) is 0. The molecule has 1 nitrogen and oxygen atoms in total. The minimum absolute atomic E-state index is 0.0774. The van der Waals surface area contributed by atoms with Gasteiger partial charge in [-0.1, -0.05) is 46.3 Å². The van der Waals surface area contributed by atoms with Gasteiger partial charge in [0.25, 0.3) is 0 Å². The van der Waals surface area contributed by atoms with Crippen LogP contribution in [0.4, 0.5) is 0 Å². The smallest absolute Gasteiger partial charge is 0.138 e. The lowest BCUT2D eigenvalue weighted by molar-refractivity contribution is -0.157. The van der Waals surface area contributed by atoms with Crippen LogP contribution in [0, 0.1) is 50.7 Å². The molecule has 0 heterocycles. The zero-order valence-electron chi connectivity index (χ0n) is 21.6. The van der Waals surface area contributed by atoms with Crippen LogP contribution in [0.2, 0.25) is 0 Å². The highest BCUT2D eigenvalue weighted by Crippen LogP contribution is 2.88. The van der Waals surface area contributed by atoms with Gasteiger partial charge in [-0.05, 0) is 123 Å². The predicted molar refractivity (Wildman–Crippen MR) is 130 cm³/mol. The molecule has 8 atom stereocenters. The van der Waals surface area contributed by atoms with E-state index in [-0.39, 0.29) is 5.41 Å². The van der Waals surface area contributed by atoms with Gasteiger partial charge in [-0.15, -0.1) is 0 Å². The topological polar surface area (TPSA) is 17.1 Å². The predicted octanol–water partition coefficient (Wildman–Crippen LogP) is 8.38. The molecule has 0 unspecified atom stereocenters. The summed E-state index contributed by atoms with van der Waals surface area (Å²) in [6.07, 6.45) is 17.1. The van der Waals surface area contributed by atoms with Crippen molar-refractivity contribution in [1.29, 1.82) is 0 Å². The first kappa shape index (κ1) is 22.2. The second kappa shape index (κ2) is 6.73. The number of carbonyl (C=O) groups excluding carboxylic acids is 1. The number of fused-ring (bicyclic) bond motifs is 2. The van der Waals surface area contributed by atoms with Crippen molar-refractivity contribution in [3.05, 3.63) is 11.6 Å². The Bertz CT molecular complexity index is 801. The fraction of sp³-hybridized carbons (Fsp3) is 0.900. The second-order valence-corrected chi connectivity index (χ2v) is 14.1. The van der Waals surface area contributed by atoms with Gasteiger partial charge in [0.1, 0.15) is 5.78 Å². The molecular formula is C30H48O. The van der Waals surface area contributed by atoms with E-state index in [2.05, 4.69) is 54.5 Å². The van der Waals surface area contributed by atoms with Crippen molar-refractivity contribution in [3.63, 3.8) is 0 Å². The average molecular weight is 425 g/mol. The fourth-order valence-corrected chi connectivity index (χ4v) is 11.0. The first-order valence-corrected chi connectivity index (χ1v) is 13.6. The van der Waals surface area contributed by atoms with Gasteiger partial charge in [0.15, 0.2) is 0 Å². The zero-order chi connectivity index (χ0) is 22.4. The van der Waals surface area contributed by atoms with E-state index < -0.39 is 0 Å². The molecule has 0 aliphatic heterocycles. The van der Waals surface area contributed by atoms with Crippen molar-refractivity contribution in [1.82, 2.24) is 0 Å². The minimum Gasteiger partial charge on any atom is -0.299 e. The van der Waals surface area contributed by atoms with Crippen molar-refractivity contribution in [2.45, 2.75) is 119 Å². The Labute approximate surface area is 192 Å². The molecule has 5 fully saturated rings. The maximum absolute atomic E-state index is 12.8. The van der Waals surface area contributed by atoms with E-state index in [1.807, 2.05) is 0 Å². The normalized spacial score (nSPS) is 50.5. The number of allylic oxidation sites excluding steroid dienone is 2. The molecule has 31 heavy (non-hydrogen) atoms. The molecule has 2 spiro atoms. The van der Waals surface area contributed by atoms with Crippen molar-refractivity contribution in [2.24, 2.45) is 50.7 Å². The summed E-state index contributed by atoms with van der Waals surface area (Å²) < 4.78 is 0.